The zero-order chi connectivity index (χ0) is 2.99. The van der Waals surface area contributed by atoms with Gasteiger partial charge in [-0.2, -0.15) is 0 Å². The first-order chi connectivity index (χ1) is 1.89. The molecule has 23 valence electrons. The maximum Gasteiger partial charge on any atom is 0.0810 e. The molecule has 2 heteroatoms. The maximum absolute atomic E-state index is 9.69. The Kier molecular flexibility index (Phi) is 0.362. The lowest BCUT2D eigenvalue weighted by molar-refractivity contribution is 0.599. The second kappa shape index (κ2) is 0.587. The van der Waals surface area contributed by atoms with Crippen molar-refractivity contribution in [1.82, 2.24) is 0 Å². The van der Waals surface area contributed by atoms with Crippen LogP contribution in [0.4, 0.5) is 0 Å². The molecule has 1 unspecified atom stereocenters. The highest BCUT2D eigenvalue weighted by Gasteiger charge is 2.11. The largest absolute Gasteiger partial charge is 0.326 e. The second-order valence-electron chi connectivity index (χ2n) is 0.875. The van der Waals surface area contributed by atoms with Crippen LogP contribution in [0.25, 0.3) is 0 Å². The van der Waals surface area contributed by atoms with Gasteiger partial charge in [-0.1, -0.05) is 0 Å². The molecule has 1 fully saturated rings. The summed E-state index contributed by atoms with van der Waals surface area (Å²) in [7, 11) is -1.00. The van der Waals surface area contributed by atoms with E-state index in [1.54, 1.807) is 0 Å². The highest BCUT2D eigenvalue weighted by atomic mass is 31.1. The van der Waals surface area contributed by atoms with Gasteiger partial charge < -0.3 is 4.57 Å². The lowest BCUT2D eigenvalue weighted by Gasteiger charge is -1.30. The molecule has 0 aromatic carbocycles. The van der Waals surface area contributed by atoms with Gasteiger partial charge in [0, 0.05) is 12.3 Å². The third-order valence-corrected chi connectivity index (χ3v) is 1.11. The molecule has 0 bridgehead atoms. The van der Waals surface area contributed by atoms with Crippen LogP contribution < -0.4 is 0 Å². The smallest absolute Gasteiger partial charge is 0.0810 e. The zero-order valence-electron chi connectivity index (χ0n) is 2.19. The predicted octanol–water partition coefficient (Wildman–Crippen LogP) is 0.721. The SMILES string of the molecule is O=[PH]1[CH]C1. The van der Waals surface area contributed by atoms with Crippen LogP contribution in [0.1, 0.15) is 0 Å². The molecule has 1 heterocycles. The molecule has 1 atom stereocenters. The van der Waals surface area contributed by atoms with Crippen molar-refractivity contribution in [1.29, 1.82) is 0 Å². The molecule has 0 spiro atoms. The van der Waals surface area contributed by atoms with Gasteiger partial charge in [0.15, 0.2) is 0 Å². The fourth-order valence-electron chi connectivity index (χ4n) is 0.0417. The van der Waals surface area contributed by atoms with Gasteiger partial charge in [-0.15, -0.1) is 0 Å². The van der Waals surface area contributed by atoms with Crippen LogP contribution in [-0.2, 0) is 4.57 Å². The van der Waals surface area contributed by atoms with Crippen molar-refractivity contribution in [3.05, 3.63) is 6.16 Å². The summed E-state index contributed by atoms with van der Waals surface area (Å²) in [6, 6.07) is 0. The summed E-state index contributed by atoms with van der Waals surface area (Å²) >= 11 is 0. The average Bonchev–Trinajstić information content (AvgIpc) is 1.75. The van der Waals surface area contributed by atoms with Crippen LogP contribution in [0.2, 0.25) is 0 Å². The first-order valence-corrected chi connectivity index (χ1v) is 2.95. The lowest BCUT2D eigenvalue weighted by Crippen LogP contribution is -1.09. The molecule has 0 saturated carbocycles. The highest BCUT2D eigenvalue weighted by molar-refractivity contribution is 7.56. The standard InChI is InChI=1S/C2H4OP/c3-4-1-2-4/h1,4H,2H2. The molecule has 1 aliphatic rings. The Hall–Kier alpha value is 0.230. The molecule has 1 nitrogen and oxygen atoms in total. The second-order valence-corrected chi connectivity index (χ2v) is 2.62. The Morgan fingerprint density at radius 1 is 2.00 bits per heavy atom. The van der Waals surface area contributed by atoms with E-state index in [4.69, 9.17) is 0 Å². The van der Waals surface area contributed by atoms with Crippen LogP contribution in [0.5, 0.6) is 0 Å². The summed E-state index contributed by atoms with van der Waals surface area (Å²) < 4.78 is 9.69. The normalized spacial score (nSPS) is 26.0. The van der Waals surface area contributed by atoms with E-state index in [-0.39, 0.29) is 0 Å². The van der Waals surface area contributed by atoms with Gasteiger partial charge in [0.05, 0.1) is 7.80 Å². The molecular weight excluding hydrogens is 71.0 g/mol. The molecule has 4 heavy (non-hydrogen) atoms. The van der Waals surface area contributed by atoms with Gasteiger partial charge in [0.1, 0.15) is 0 Å². The quantitative estimate of drug-likeness (QED) is 0.388. The monoisotopic (exact) mass is 75.0 g/mol. The van der Waals surface area contributed by atoms with E-state index in [1.807, 2.05) is 6.16 Å². The highest BCUT2D eigenvalue weighted by Crippen LogP contribution is 2.42. The topological polar surface area (TPSA) is 17.1 Å². The molecule has 0 N–H and O–H groups in total. The van der Waals surface area contributed by atoms with Crippen molar-refractivity contribution in [3.63, 3.8) is 0 Å². The maximum atomic E-state index is 9.69. The molecule has 1 radical (unpaired) electrons. The Balaban J connectivity index is 2.60. The van der Waals surface area contributed by atoms with Crippen molar-refractivity contribution in [2.45, 2.75) is 0 Å². The minimum absolute atomic E-state index is 0.907. The van der Waals surface area contributed by atoms with E-state index < -0.39 is 7.80 Å². The van der Waals surface area contributed by atoms with Crippen molar-refractivity contribution in [3.8, 4) is 0 Å². The summed E-state index contributed by atoms with van der Waals surface area (Å²) in [5.41, 5.74) is 0. The Bertz CT molecular complexity index is 44.0. The third kappa shape index (κ3) is 0.323. The van der Waals surface area contributed by atoms with Crippen LogP contribution in [0, 0.1) is 6.16 Å². The molecule has 0 amide bonds. The average molecular weight is 75.0 g/mol. The van der Waals surface area contributed by atoms with Crippen molar-refractivity contribution >= 4 is 7.80 Å². The van der Waals surface area contributed by atoms with Crippen LogP contribution >= 0.6 is 7.80 Å². The molecular formula is C2H4OP. The van der Waals surface area contributed by atoms with Gasteiger partial charge in [0.2, 0.25) is 0 Å². The van der Waals surface area contributed by atoms with Gasteiger partial charge in [-0.05, 0) is 0 Å². The minimum atomic E-state index is -1.00. The summed E-state index contributed by atoms with van der Waals surface area (Å²) in [4.78, 5) is 0. The third-order valence-electron chi connectivity index (χ3n) is 0.371. The Labute approximate surface area is 25.8 Å². The minimum Gasteiger partial charge on any atom is -0.326 e. The van der Waals surface area contributed by atoms with E-state index in [0.29, 0.717) is 0 Å². The summed E-state index contributed by atoms with van der Waals surface area (Å²) in [6.45, 7) is 0. The molecule has 0 aromatic rings. The molecule has 1 saturated heterocycles. The lowest BCUT2D eigenvalue weighted by atomic mass is 11.0. The van der Waals surface area contributed by atoms with Gasteiger partial charge in [-0.3, -0.25) is 0 Å². The van der Waals surface area contributed by atoms with Crippen molar-refractivity contribution < 1.29 is 4.57 Å². The first-order valence-electron chi connectivity index (χ1n) is 1.25. The number of hydrogen-bond donors (Lipinski definition) is 0. The van der Waals surface area contributed by atoms with Gasteiger partial charge in [0.25, 0.3) is 0 Å². The van der Waals surface area contributed by atoms with E-state index >= 15 is 0 Å². The van der Waals surface area contributed by atoms with E-state index in [9.17, 15) is 4.57 Å². The van der Waals surface area contributed by atoms with Crippen LogP contribution in [0.15, 0.2) is 0 Å². The Morgan fingerprint density at radius 3 is 2.25 bits per heavy atom. The molecule has 0 aromatic heterocycles. The number of hydrogen-bond acceptors (Lipinski definition) is 1. The van der Waals surface area contributed by atoms with Crippen LogP contribution in [0.3, 0.4) is 0 Å². The fourth-order valence-corrected chi connectivity index (χ4v) is 0.375. The zero-order valence-corrected chi connectivity index (χ0v) is 3.19. The fraction of sp³-hybridized carbons (Fsp3) is 0.500. The van der Waals surface area contributed by atoms with Gasteiger partial charge >= 0.3 is 0 Å². The predicted molar refractivity (Wildman–Crippen MR) is 18.2 cm³/mol. The Morgan fingerprint density at radius 2 is 2.25 bits per heavy atom. The van der Waals surface area contributed by atoms with Crippen LogP contribution in [-0.4, -0.2) is 6.16 Å². The van der Waals surface area contributed by atoms with E-state index in [1.165, 1.54) is 0 Å². The molecule has 1 rings (SSSR count). The van der Waals surface area contributed by atoms with E-state index in [0.717, 1.165) is 6.16 Å². The van der Waals surface area contributed by atoms with Crippen molar-refractivity contribution in [2.75, 3.05) is 6.16 Å². The molecule has 0 aliphatic carbocycles. The first kappa shape index (κ1) is 2.47. The number of rotatable bonds is 0. The molecule has 1 aliphatic heterocycles. The summed E-state index contributed by atoms with van der Waals surface area (Å²) in [5.74, 6) is 0. The summed E-state index contributed by atoms with van der Waals surface area (Å²) in [6.07, 6.45) is 2.75. The van der Waals surface area contributed by atoms with Gasteiger partial charge in [-0.25, -0.2) is 0 Å². The van der Waals surface area contributed by atoms with Crippen molar-refractivity contribution in [2.24, 2.45) is 0 Å². The van der Waals surface area contributed by atoms with E-state index in [2.05, 4.69) is 0 Å². The summed E-state index contributed by atoms with van der Waals surface area (Å²) in [5, 5.41) is 0.